The molecule has 92 valence electrons. The molecule has 1 aliphatic heterocycles. The van der Waals surface area contributed by atoms with Crippen molar-refractivity contribution in [3.8, 4) is 0 Å². The van der Waals surface area contributed by atoms with Gasteiger partial charge in [0, 0.05) is 18.9 Å². The van der Waals surface area contributed by atoms with Crippen LogP contribution >= 0.6 is 0 Å². The topological polar surface area (TPSA) is 55.0 Å². The Morgan fingerprint density at radius 2 is 2.17 bits per heavy atom. The first kappa shape index (κ1) is 11.0. The second-order valence-electron chi connectivity index (χ2n) is 4.58. The third-order valence-electron chi connectivity index (χ3n) is 3.42. The van der Waals surface area contributed by atoms with E-state index in [4.69, 9.17) is 5.73 Å². The van der Waals surface area contributed by atoms with Crippen LogP contribution in [0.1, 0.15) is 24.4 Å². The van der Waals surface area contributed by atoms with E-state index >= 15 is 0 Å². The lowest BCUT2D eigenvalue weighted by Crippen LogP contribution is -2.22. The highest BCUT2D eigenvalue weighted by atomic mass is 15.2. The Balaban J connectivity index is 1.90. The summed E-state index contributed by atoms with van der Waals surface area (Å²) < 4.78 is 0. The quantitative estimate of drug-likeness (QED) is 0.875. The van der Waals surface area contributed by atoms with Gasteiger partial charge in [0.2, 0.25) is 0 Å². The molecule has 0 radical (unpaired) electrons. The fourth-order valence-electron chi connectivity index (χ4n) is 2.56. The van der Waals surface area contributed by atoms with E-state index in [1.54, 1.807) is 0 Å². The summed E-state index contributed by atoms with van der Waals surface area (Å²) in [5.74, 6) is 0.566. The number of nitrogen functional groups attached to an aromatic ring is 1. The third kappa shape index (κ3) is 2.01. The molecule has 0 bridgehead atoms. The van der Waals surface area contributed by atoms with Crippen LogP contribution in [0.5, 0.6) is 0 Å². The molecule has 3 rings (SSSR count). The second-order valence-corrected chi connectivity index (χ2v) is 4.58. The predicted molar refractivity (Wildman–Crippen MR) is 72.2 cm³/mol. The minimum Gasteiger partial charge on any atom is -0.384 e. The monoisotopic (exact) mass is 240 g/mol. The number of hydrogen-bond donors (Lipinski definition) is 1. The molecule has 1 fully saturated rings. The predicted octanol–water partition coefficient (Wildman–Crippen LogP) is 2.40. The molecular weight excluding hydrogens is 224 g/mol. The van der Waals surface area contributed by atoms with E-state index in [2.05, 4.69) is 20.9 Å². The third-order valence-corrected chi connectivity index (χ3v) is 3.42. The van der Waals surface area contributed by atoms with Gasteiger partial charge in [-0.1, -0.05) is 6.07 Å². The highest BCUT2D eigenvalue weighted by molar-refractivity contribution is 5.51. The Morgan fingerprint density at radius 3 is 2.89 bits per heavy atom. The highest BCUT2D eigenvalue weighted by Gasteiger charge is 2.26. The molecule has 0 amide bonds. The molecule has 0 aliphatic carbocycles. The fraction of sp³-hybridized carbons (Fsp3) is 0.286. The first-order valence-electron chi connectivity index (χ1n) is 6.23. The number of aromatic nitrogens is 2. The minimum atomic E-state index is 0.407. The molecule has 4 heteroatoms. The highest BCUT2D eigenvalue weighted by Crippen LogP contribution is 2.35. The van der Waals surface area contributed by atoms with Crippen LogP contribution in [0.25, 0.3) is 0 Å². The van der Waals surface area contributed by atoms with Gasteiger partial charge in [0.25, 0.3) is 0 Å². The van der Waals surface area contributed by atoms with Gasteiger partial charge in [-0.25, -0.2) is 4.98 Å². The summed E-state index contributed by atoms with van der Waals surface area (Å²) in [6, 6.07) is 8.43. The van der Waals surface area contributed by atoms with Crippen LogP contribution < -0.4 is 10.6 Å². The molecule has 0 aromatic carbocycles. The Bertz CT molecular complexity index is 509. The fourth-order valence-corrected chi connectivity index (χ4v) is 2.56. The van der Waals surface area contributed by atoms with E-state index in [0.29, 0.717) is 11.9 Å². The molecule has 1 atom stereocenters. The van der Waals surface area contributed by atoms with Crippen molar-refractivity contribution in [2.45, 2.75) is 18.9 Å². The molecule has 1 aliphatic rings. The zero-order valence-corrected chi connectivity index (χ0v) is 10.2. The number of nitrogens with two attached hydrogens (primary N) is 1. The van der Waals surface area contributed by atoms with Crippen molar-refractivity contribution >= 4 is 11.5 Å². The van der Waals surface area contributed by atoms with Crippen LogP contribution in [-0.2, 0) is 0 Å². The lowest BCUT2D eigenvalue weighted by Gasteiger charge is -2.26. The van der Waals surface area contributed by atoms with E-state index in [9.17, 15) is 0 Å². The van der Waals surface area contributed by atoms with E-state index in [1.807, 2.05) is 36.8 Å². The smallest absolute Gasteiger partial charge is 0.123 e. The van der Waals surface area contributed by atoms with Crippen molar-refractivity contribution in [1.82, 2.24) is 9.97 Å². The van der Waals surface area contributed by atoms with Crippen LogP contribution in [0.3, 0.4) is 0 Å². The SMILES string of the molecule is Nc1ccc(N2CCCC2c2cccnc2)cn1. The Labute approximate surface area is 106 Å². The summed E-state index contributed by atoms with van der Waals surface area (Å²) in [6.45, 7) is 1.06. The summed E-state index contributed by atoms with van der Waals surface area (Å²) in [7, 11) is 0. The van der Waals surface area contributed by atoms with E-state index in [-0.39, 0.29) is 0 Å². The maximum absolute atomic E-state index is 5.63. The molecular formula is C14H16N4. The molecule has 2 aromatic rings. The maximum Gasteiger partial charge on any atom is 0.123 e. The van der Waals surface area contributed by atoms with Crippen molar-refractivity contribution in [3.05, 3.63) is 48.4 Å². The lowest BCUT2D eigenvalue weighted by atomic mass is 10.1. The zero-order chi connectivity index (χ0) is 12.4. The average molecular weight is 240 g/mol. The first-order valence-corrected chi connectivity index (χ1v) is 6.23. The number of pyridine rings is 2. The molecule has 4 nitrogen and oxygen atoms in total. The molecule has 1 unspecified atom stereocenters. The summed E-state index contributed by atoms with van der Waals surface area (Å²) in [5, 5.41) is 0. The van der Waals surface area contributed by atoms with Gasteiger partial charge in [-0.2, -0.15) is 0 Å². The van der Waals surface area contributed by atoms with Crippen LogP contribution in [0.2, 0.25) is 0 Å². The van der Waals surface area contributed by atoms with Gasteiger partial charge in [0.05, 0.1) is 17.9 Å². The lowest BCUT2D eigenvalue weighted by molar-refractivity contribution is 0.714. The van der Waals surface area contributed by atoms with Crippen LogP contribution in [-0.4, -0.2) is 16.5 Å². The maximum atomic E-state index is 5.63. The van der Waals surface area contributed by atoms with Gasteiger partial charge < -0.3 is 10.6 Å². The number of rotatable bonds is 2. The van der Waals surface area contributed by atoms with Crippen LogP contribution in [0.4, 0.5) is 11.5 Å². The summed E-state index contributed by atoms with van der Waals surface area (Å²) in [5.41, 5.74) is 8.04. The van der Waals surface area contributed by atoms with E-state index < -0.39 is 0 Å². The molecule has 1 saturated heterocycles. The van der Waals surface area contributed by atoms with Crippen molar-refractivity contribution in [2.75, 3.05) is 17.2 Å². The van der Waals surface area contributed by atoms with Crippen molar-refractivity contribution in [2.24, 2.45) is 0 Å². The van der Waals surface area contributed by atoms with Crippen LogP contribution in [0.15, 0.2) is 42.9 Å². The zero-order valence-electron chi connectivity index (χ0n) is 10.2. The molecule has 18 heavy (non-hydrogen) atoms. The van der Waals surface area contributed by atoms with Gasteiger partial charge in [-0.15, -0.1) is 0 Å². The summed E-state index contributed by atoms with van der Waals surface area (Å²) >= 11 is 0. The number of anilines is 2. The average Bonchev–Trinajstić information content (AvgIpc) is 2.90. The van der Waals surface area contributed by atoms with Crippen molar-refractivity contribution in [1.29, 1.82) is 0 Å². The largest absolute Gasteiger partial charge is 0.384 e. The van der Waals surface area contributed by atoms with Gasteiger partial charge in [0.15, 0.2) is 0 Å². The van der Waals surface area contributed by atoms with Gasteiger partial charge in [-0.3, -0.25) is 4.98 Å². The molecule has 0 spiro atoms. The first-order chi connectivity index (χ1) is 8.84. The summed E-state index contributed by atoms with van der Waals surface area (Å²) in [6.07, 6.45) is 7.98. The van der Waals surface area contributed by atoms with Gasteiger partial charge in [0.1, 0.15) is 5.82 Å². The number of hydrogen-bond acceptors (Lipinski definition) is 4. The summed E-state index contributed by atoms with van der Waals surface area (Å²) in [4.78, 5) is 10.8. The minimum absolute atomic E-state index is 0.407. The molecule has 2 aromatic heterocycles. The number of nitrogens with zero attached hydrogens (tertiary/aromatic N) is 3. The molecule has 0 saturated carbocycles. The van der Waals surface area contributed by atoms with E-state index in [1.165, 1.54) is 12.0 Å². The van der Waals surface area contributed by atoms with Gasteiger partial charge >= 0.3 is 0 Å². The Morgan fingerprint density at radius 1 is 1.22 bits per heavy atom. The molecule has 3 heterocycles. The second kappa shape index (κ2) is 4.64. The standard InChI is InChI=1S/C14H16N4/c15-14-6-5-12(10-17-14)18-8-2-4-13(18)11-3-1-7-16-9-11/h1,3,5-7,9-10,13H,2,4,8H2,(H2,15,17). The normalized spacial score (nSPS) is 19.1. The van der Waals surface area contributed by atoms with E-state index in [0.717, 1.165) is 18.7 Å². The van der Waals surface area contributed by atoms with Crippen LogP contribution in [0, 0.1) is 0 Å². The Hall–Kier alpha value is -2.10. The van der Waals surface area contributed by atoms with Crippen molar-refractivity contribution < 1.29 is 0 Å². The van der Waals surface area contributed by atoms with Gasteiger partial charge in [-0.05, 0) is 36.6 Å². The Kier molecular flexibility index (Phi) is 2.84. The molecule has 2 N–H and O–H groups in total. The van der Waals surface area contributed by atoms with Crippen molar-refractivity contribution in [3.63, 3.8) is 0 Å².